The lowest BCUT2D eigenvalue weighted by Gasteiger charge is -2.39. The van der Waals surface area contributed by atoms with Crippen molar-refractivity contribution >= 4 is 17.4 Å². The average molecular weight is 295 g/mol. The summed E-state index contributed by atoms with van der Waals surface area (Å²) in [5, 5.41) is 4.27. The fourth-order valence-corrected chi connectivity index (χ4v) is 3.08. The lowest BCUT2D eigenvalue weighted by molar-refractivity contribution is 0.274. The maximum Gasteiger partial charge on any atom is 0.147 e. The third kappa shape index (κ3) is 3.25. The van der Waals surface area contributed by atoms with E-state index in [2.05, 4.69) is 40.1 Å². The summed E-state index contributed by atoms with van der Waals surface area (Å²) in [7, 11) is 2.16. The predicted octanol–water partition coefficient (Wildman–Crippen LogP) is 2.13. The minimum Gasteiger partial charge on any atom is -0.350 e. The molecule has 2 heterocycles. The van der Waals surface area contributed by atoms with Gasteiger partial charge in [-0.25, -0.2) is 4.98 Å². The van der Waals surface area contributed by atoms with Gasteiger partial charge in [-0.05, 0) is 38.4 Å². The molecule has 0 bridgehead atoms. The number of pyridine rings is 1. The normalized spacial score (nSPS) is 24.1. The second-order valence-electron chi connectivity index (χ2n) is 6.11. The molecule has 0 radical (unpaired) electrons. The molecule has 1 saturated heterocycles. The standard InChI is InChI=1S/C15H23ClN4/c1-11-10-19(2)5-6-20(11)15-14(16)7-12(9-18-15)8-17-13-3-4-13/h7,9,11,13,17H,3-6,8,10H2,1-2H3. The van der Waals surface area contributed by atoms with E-state index in [9.17, 15) is 0 Å². The van der Waals surface area contributed by atoms with Crippen LogP contribution in [0.2, 0.25) is 5.02 Å². The van der Waals surface area contributed by atoms with E-state index in [0.29, 0.717) is 12.1 Å². The molecule has 2 fully saturated rings. The number of nitrogens with one attached hydrogen (secondary N) is 1. The largest absolute Gasteiger partial charge is 0.350 e. The zero-order chi connectivity index (χ0) is 14.1. The number of aromatic nitrogens is 1. The third-order valence-electron chi connectivity index (χ3n) is 4.15. The topological polar surface area (TPSA) is 31.4 Å². The Hall–Kier alpha value is -0.840. The first-order valence-electron chi connectivity index (χ1n) is 7.46. The van der Waals surface area contributed by atoms with Crippen LogP contribution in [0.1, 0.15) is 25.3 Å². The van der Waals surface area contributed by atoms with Gasteiger partial charge in [0.05, 0.1) is 5.02 Å². The van der Waals surface area contributed by atoms with Gasteiger partial charge < -0.3 is 15.1 Å². The van der Waals surface area contributed by atoms with Gasteiger partial charge in [0.2, 0.25) is 0 Å². The van der Waals surface area contributed by atoms with Crippen molar-refractivity contribution in [2.45, 2.75) is 38.4 Å². The summed E-state index contributed by atoms with van der Waals surface area (Å²) in [5.74, 6) is 0.933. The minimum atomic E-state index is 0.453. The Bertz CT molecular complexity index is 475. The Labute approximate surface area is 126 Å². The van der Waals surface area contributed by atoms with Crippen LogP contribution in [0, 0.1) is 0 Å². The van der Waals surface area contributed by atoms with Crippen LogP contribution in [0.5, 0.6) is 0 Å². The molecule has 1 aromatic rings. The highest BCUT2D eigenvalue weighted by Gasteiger charge is 2.24. The van der Waals surface area contributed by atoms with Crippen LogP contribution in [-0.4, -0.2) is 48.6 Å². The van der Waals surface area contributed by atoms with E-state index in [0.717, 1.165) is 37.0 Å². The summed E-state index contributed by atoms with van der Waals surface area (Å²) in [6.45, 7) is 6.21. The van der Waals surface area contributed by atoms with Crippen LogP contribution in [0.3, 0.4) is 0 Å². The number of halogens is 1. The number of rotatable bonds is 4. The zero-order valence-electron chi connectivity index (χ0n) is 12.3. The molecule has 0 aromatic carbocycles. The van der Waals surface area contributed by atoms with Gasteiger partial charge in [0.1, 0.15) is 5.82 Å². The Kier molecular flexibility index (Phi) is 4.15. The number of nitrogens with zero attached hydrogens (tertiary/aromatic N) is 3. The highest BCUT2D eigenvalue weighted by Crippen LogP contribution is 2.27. The Balaban J connectivity index is 1.69. The molecule has 1 aliphatic carbocycles. The highest BCUT2D eigenvalue weighted by atomic mass is 35.5. The molecular weight excluding hydrogens is 272 g/mol. The lowest BCUT2D eigenvalue weighted by atomic mass is 10.2. The molecule has 3 rings (SSSR count). The van der Waals surface area contributed by atoms with Crippen molar-refractivity contribution in [1.82, 2.24) is 15.2 Å². The first kappa shape index (κ1) is 14.1. The SMILES string of the molecule is CC1CN(C)CCN1c1ncc(CNC2CC2)cc1Cl. The van der Waals surface area contributed by atoms with Crippen LogP contribution in [-0.2, 0) is 6.54 Å². The first-order valence-corrected chi connectivity index (χ1v) is 7.84. The second-order valence-corrected chi connectivity index (χ2v) is 6.52. The van der Waals surface area contributed by atoms with Gasteiger partial charge in [-0.2, -0.15) is 0 Å². The predicted molar refractivity (Wildman–Crippen MR) is 83.4 cm³/mol. The van der Waals surface area contributed by atoms with Crippen LogP contribution in [0.25, 0.3) is 0 Å². The van der Waals surface area contributed by atoms with Gasteiger partial charge in [0.25, 0.3) is 0 Å². The summed E-state index contributed by atoms with van der Waals surface area (Å²) in [5.41, 5.74) is 1.17. The van der Waals surface area contributed by atoms with Crippen LogP contribution in [0.15, 0.2) is 12.3 Å². The van der Waals surface area contributed by atoms with Gasteiger partial charge in [-0.3, -0.25) is 0 Å². The average Bonchev–Trinajstić information content (AvgIpc) is 3.22. The number of hydrogen-bond acceptors (Lipinski definition) is 4. The van der Waals surface area contributed by atoms with Gasteiger partial charge in [0.15, 0.2) is 0 Å². The van der Waals surface area contributed by atoms with Crippen molar-refractivity contribution in [3.8, 4) is 0 Å². The number of piperazine rings is 1. The Morgan fingerprint density at radius 1 is 1.40 bits per heavy atom. The molecule has 1 saturated carbocycles. The van der Waals surface area contributed by atoms with E-state index in [4.69, 9.17) is 11.6 Å². The molecule has 5 heteroatoms. The Morgan fingerprint density at radius 3 is 2.85 bits per heavy atom. The van der Waals surface area contributed by atoms with Crippen molar-refractivity contribution in [3.05, 3.63) is 22.8 Å². The van der Waals surface area contributed by atoms with E-state index >= 15 is 0 Å². The van der Waals surface area contributed by atoms with Crippen molar-refractivity contribution in [3.63, 3.8) is 0 Å². The van der Waals surface area contributed by atoms with E-state index < -0.39 is 0 Å². The zero-order valence-corrected chi connectivity index (χ0v) is 13.0. The summed E-state index contributed by atoms with van der Waals surface area (Å²) in [6.07, 6.45) is 4.57. The number of hydrogen-bond donors (Lipinski definition) is 1. The molecule has 1 N–H and O–H groups in total. The minimum absolute atomic E-state index is 0.453. The van der Waals surface area contributed by atoms with E-state index in [1.54, 1.807) is 0 Å². The van der Waals surface area contributed by atoms with Crippen LogP contribution < -0.4 is 10.2 Å². The van der Waals surface area contributed by atoms with Crippen molar-refractivity contribution < 1.29 is 0 Å². The fraction of sp³-hybridized carbons (Fsp3) is 0.667. The summed E-state index contributed by atoms with van der Waals surface area (Å²) in [4.78, 5) is 9.28. The fourth-order valence-electron chi connectivity index (χ4n) is 2.78. The molecular formula is C15H23ClN4. The molecule has 2 aliphatic rings. The van der Waals surface area contributed by atoms with Gasteiger partial charge in [0, 0.05) is 44.5 Å². The third-order valence-corrected chi connectivity index (χ3v) is 4.43. The van der Waals surface area contributed by atoms with Gasteiger partial charge in [-0.1, -0.05) is 11.6 Å². The molecule has 110 valence electrons. The van der Waals surface area contributed by atoms with Gasteiger partial charge >= 0.3 is 0 Å². The maximum absolute atomic E-state index is 6.45. The van der Waals surface area contributed by atoms with Crippen LogP contribution in [0.4, 0.5) is 5.82 Å². The Morgan fingerprint density at radius 2 is 2.20 bits per heavy atom. The monoisotopic (exact) mass is 294 g/mol. The summed E-state index contributed by atoms with van der Waals surface area (Å²) >= 11 is 6.45. The van der Waals surface area contributed by atoms with Crippen molar-refractivity contribution in [2.75, 3.05) is 31.6 Å². The van der Waals surface area contributed by atoms with Crippen LogP contribution >= 0.6 is 11.6 Å². The summed E-state index contributed by atoms with van der Waals surface area (Å²) in [6, 6.07) is 3.23. The maximum atomic E-state index is 6.45. The lowest BCUT2D eigenvalue weighted by Crippen LogP contribution is -2.50. The summed E-state index contributed by atoms with van der Waals surface area (Å²) < 4.78 is 0. The molecule has 1 atom stereocenters. The molecule has 20 heavy (non-hydrogen) atoms. The quantitative estimate of drug-likeness (QED) is 0.922. The molecule has 0 spiro atoms. The number of likely N-dealkylation sites (N-methyl/N-ethyl adjacent to an activating group) is 1. The van der Waals surface area contributed by atoms with Crippen molar-refractivity contribution in [1.29, 1.82) is 0 Å². The molecule has 4 nitrogen and oxygen atoms in total. The second kappa shape index (κ2) is 5.88. The molecule has 1 unspecified atom stereocenters. The smallest absolute Gasteiger partial charge is 0.147 e. The number of anilines is 1. The van der Waals surface area contributed by atoms with Gasteiger partial charge in [-0.15, -0.1) is 0 Å². The first-order chi connectivity index (χ1) is 9.63. The van der Waals surface area contributed by atoms with E-state index in [1.165, 1.54) is 18.4 Å². The highest BCUT2D eigenvalue weighted by molar-refractivity contribution is 6.33. The molecule has 1 aromatic heterocycles. The van der Waals surface area contributed by atoms with E-state index in [-0.39, 0.29) is 0 Å². The molecule has 0 amide bonds. The van der Waals surface area contributed by atoms with E-state index in [1.807, 2.05) is 6.20 Å². The molecule has 1 aliphatic heterocycles. The van der Waals surface area contributed by atoms with Crippen molar-refractivity contribution in [2.24, 2.45) is 0 Å².